The van der Waals surface area contributed by atoms with E-state index in [2.05, 4.69) is 5.32 Å². The molecule has 0 spiro atoms. The number of carboxylic acid groups (broad SMARTS) is 1. The van der Waals surface area contributed by atoms with E-state index in [1.54, 1.807) is 12.1 Å². The third kappa shape index (κ3) is 4.16. The summed E-state index contributed by atoms with van der Waals surface area (Å²) in [6.45, 7) is 3.81. The topological polar surface area (TPSA) is 66.4 Å². The van der Waals surface area contributed by atoms with Crippen molar-refractivity contribution >= 4 is 23.2 Å². The molecule has 1 aromatic heterocycles. The third-order valence-electron chi connectivity index (χ3n) is 3.07. The van der Waals surface area contributed by atoms with Gasteiger partial charge in [-0.25, -0.2) is 4.79 Å². The number of amides is 1. The lowest BCUT2D eigenvalue weighted by Gasteiger charge is -2.16. The molecule has 0 radical (unpaired) electrons. The lowest BCUT2D eigenvalue weighted by Crippen LogP contribution is -2.34. The number of benzene rings is 1. The molecule has 1 aromatic carbocycles. The Kier molecular flexibility index (Phi) is 4.75. The molecule has 0 bridgehead atoms. The number of hydrogen-bond acceptors (Lipinski definition) is 3. The normalized spacial score (nSPS) is 11.9. The van der Waals surface area contributed by atoms with Gasteiger partial charge in [0.1, 0.15) is 0 Å². The Morgan fingerprint density at radius 2 is 1.90 bits per heavy atom. The van der Waals surface area contributed by atoms with Crippen molar-refractivity contribution in [3.63, 3.8) is 0 Å². The van der Waals surface area contributed by atoms with Crippen LogP contribution in [0, 0.1) is 13.8 Å². The van der Waals surface area contributed by atoms with E-state index in [0.29, 0.717) is 5.56 Å². The zero-order valence-electron chi connectivity index (χ0n) is 11.9. The Balaban J connectivity index is 2.15. The molecule has 0 saturated carbocycles. The van der Waals surface area contributed by atoms with Gasteiger partial charge in [0.15, 0.2) is 6.04 Å². The van der Waals surface area contributed by atoms with Crippen LogP contribution in [0.1, 0.15) is 28.3 Å². The molecule has 1 amide bonds. The molecule has 0 saturated heterocycles. The molecule has 0 aliphatic carbocycles. The highest BCUT2D eigenvalue weighted by Crippen LogP contribution is 2.18. The average Bonchev–Trinajstić information content (AvgIpc) is 2.87. The lowest BCUT2D eigenvalue weighted by molar-refractivity contribution is -0.141. The van der Waals surface area contributed by atoms with Gasteiger partial charge in [0, 0.05) is 0 Å². The number of thiophene rings is 1. The van der Waals surface area contributed by atoms with Crippen molar-refractivity contribution in [2.24, 2.45) is 0 Å². The molecule has 1 atom stereocenters. The molecule has 2 N–H and O–H groups in total. The smallest absolute Gasteiger partial charge is 0.330 e. The van der Waals surface area contributed by atoms with Crippen LogP contribution >= 0.6 is 11.3 Å². The van der Waals surface area contributed by atoms with Crippen LogP contribution in [0.2, 0.25) is 0 Å². The SMILES string of the molecule is Cc1cc(C)cc(C(NC(=O)Cc2ccsc2)C(=O)O)c1. The standard InChI is InChI=1S/C16H17NO3S/c1-10-5-11(2)7-13(6-10)15(16(19)20)17-14(18)8-12-3-4-21-9-12/h3-7,9,15H,8H2,1-2H3,(H,17,18)(H,19,20). The molecular weight excluding hydrogens is 286 g/mol. The van der Waals surface area contributed by atoms with Crippen molar-refractivity contribution in [2.75, 3.05) is 0 Å². The van der Waals surface area contributed by atoms with Crippen LogP contribution in [0.25, 0.3) is 0 Å². The van der Waals surface area contributed by atoms with Gasteiger partial charge in [0.05, 0.1) is 6.42 Å². The first-order chi connectivity index (χ1) is 9.95. The van der Waals surface area contributed by atoms with Crippen molar-refractivity contribution in [2.45, 2.75) is 26.3 Å². The molecule has 0 aliphatic rings. The third-order valence-corrected chi connectivity index (χ3v) is 3.81. The van der Waals surface area contributed by atoms with Crippen LogP contribution in [0.15, 0.2) is 35.0 Å². The largest absolute Gasteiger partial charge is 0.479 e. The first kappa shape index (κ1) is 15.3. The van der Waals surface area contributed by atoms with E-state index in [4.69, 9.17) is 0 Å². The molecule has 0 aliphatic heterocycles. The lowest BCUT2D eigenvalue weighted by atomic mass is 10.0. The Morgan fingerprint density at radius 1 is 1.24 bits per heavy atom. The summed E-state index contributed by atoms with van der Waals surface area (Å²) >= 11 is 1.51. The molecule has 21 heavy (non-hydrogen) atoms. The minimum atomic E-state index is -1.06. The van der Waals surface area contributed by atoms with Crippen LogP contribution in [0.5, 0.6) is 0 Å². The van der Waals surface area contributed by atoms with Crippen molar-refractivity contribution < 1.29 is 14.7 Å². The predicted molar refractivity (Wildman–Crippen MR) is 82.5 cm³/mol. The summed E-state index contributed by atoms with van der Waals surface area (Å²) in [7, 11) is 0. The van der Waals surface area contributed by atoms with Crippen molar-refractivity contribution in [1.29, 1.82) is 0 Å². The number of carbonyl (C=O) groups excluding carboxylic acids is 1. The maximum Gasteiger partial charge on any atom is 0.330 e. The van der Waals surface area contributed by atoms with E-state index in [-0.39, 0.29) is 12.3 Å². The van der Waals surface area contributed by atoms with Crippen molar-refractivity contribution in [3.8, 4) is 0 Å². The zero-order chi connectivity index (χ0) is 15.4. The summed E-state index contributed by atoms with van der Waals surface area (Å²) in [5.41, 5.74) is 3.44. The fourth-order valence-electron chi connectivity index (χ4n) is 2.25. The van der Waals surface area contributed by atoms with Crippen molar-refractivity contribution in [3.05, 3.63) is 57.3 Å². The molecular formula is C16H17NO3S. The van der Waals surface area contributed by atoms with Crippen LogP contribution < -0.4 is 5.32 Å². The van der Waals surface area contributed by atoms with E-state index in [0.717, 1.165) is 16.7 Å². The van der Waals surface area contributed by atoms with Gasteiger partial charge >= 0.3 is 5.97 Å². The number of carboxylic acids is 1. The molecule has 0 fully saturated rings. The summed E-state index contributed by atoms with van der Waals surface area (Å²) in [5.74, 6) is -1.35. The van der Waals surface area contributed by atoms with Gasteiger partial charge in [0.2, 0.25) is 5.91 Å². The Morgan fingerprint density at radius 3 is 2.43 bits per heavy atom. The Labute approximate surface area is 127 Å². The first-order valence-corrected chi connectivity index (χ1v) is 7.51. The highest BCUT2D eigenvalue weighted by Gasteiger charge is 2.22. The molecule has 4 nitrogen and oxygen atoms in total. The molecule has 5 heteroatoms. The van der Waals surface area contributed by atoms with Crippen LogP contribution in [-0.2, 0) is 16.0 Å². The number of hydrogen-bond donors (Lipinski definition) is 2. The summed E-state index contributed by atoms with van der Waals surface area (Å²) in [6.07, 6.45) is 0.193. The van der Waals surface area contributed by atoms with Gasteiger partial charge in [-0.2, -0.15) is 11.3 Å². The molecule has 1 unspecified atom stereocenters. The monoisotopic (exact) mass is 303 g/mol. The zero-order valence-corrected chi connectivity index (χ0v) is 12.7. The second-order valence-corrected chi connectivity index (χ2v) is 5.85. The molecule has 110 valence electrons. The van der Waals surface area contributed by atoms with E-state index in [1.165, 1.54) is 11.3 Å². The van der Waals surface area contributed by atoms with Crippen LogP contribution in [0.4, 0.5) is 0 Å². The van der Waals surface area contributed by atoms with Crippen LogP contribution in [-0.4, -0.2) is 17.0 Å². The van der Waals surface area contributed by atoms with Crippen molar-refractivity contribution in [1.82, 2.24) is 5.32 Å². The highest BCUT2D eigenvalue weighted by molar-refractivity contribution is 7.07. The van der Waals surface area contributed by atoms with Gasteiger partial charge in [-0.05, 0) is 41.8 Å². The van der Waals surface area contributed by atoms with E-state index < -0.39 is 12.0 Å². The number of aliphatic carboxylic acids is 1. The molecule has 1 heterocycles. The Hall–Kier alpha value is -2.14. The summed E-state index contributed by atoms with van der Waals surface area (Å²) < 4.78 is 0. The van der Waals surface area contributed by atoms with Gasteiger partial charge in [-0.3, -0.25) is 4.79 Å². The second kappa shape index (κ2) is 6.54. The van der Waals surface area contributed by atoms with Gasteiger partial charge in [-0.1, -0.05) is 29.3 Å². The quantitative estimate of drug-likeness (QED) is 0.892. The second-order valence-electron chi connectivity index (χ2n) is 5.07. The predicted octanol–water partition coefficient (Wildman–Crippen LogP) is 2.85. The van der Waals surface area contributed by atoms with Gasteiger partial charge in [-0.15, -0.1) is 0 Å². The minimum Gasteiger partial charge on any atom is -0.479 e. The van der Waals surface area contributed by atoms with Gasteiger partial charge in [0.25, 0.3) is 0 Å². The molecule has 2 aromatic rings. The van der Waals surface area contributed by atoms with Gasteiger partial charge < -0.3 is 10.4 Å². The average molecular weight is 303 g/mol. The highest BCUT2D eigenvalue weighted by atomic mass is 32.1. The van der Waals surface area contributed by atoms with E-state index in [1.807, 2.05) is 36.7 Å². The van der Waals surface area contributed by atoms with E-state index in [9.17, 15) is 14.7 Å². The Bertz CT molecular complexity index is 629. The number of carbonyl (C=O) groups is 2. The number of rotatable bonds is 5. The minimum absolute atomic E-state index is 0.193. The fourth-order valence-corrected chi connectivity index (χ4v) is 2.92. The number of nitrogens with one attached hydrogen (secondary N) is 1. The maximum atomic E-state index is 12.0. The fraction of sp³-hybridized carbons (Fsp3) is 0.250. The first-order valence-electron chi connectivity index (χ1n) is 6.57. The van der Waals surface area contributed by atoms with E-state index >= 15 is 0 Å². The molecule has 2 rings (SSSR count). The maximum absolute atomic E-state index is 12.0. The van der Waals surface area contributed by atoms with Crippen LogP contribution in [0.3, 0.4) is 0 Å². The summed E-state index contributed by atoms with van der Waals surface area (Å²) in [6, 6.07) is 6.38. The summed E-state index contributed by atoms with van der Waals surface area (Å²) in [5, 5.41) is 15.7. The summed E-state index contributed by atoms with van der Waals surface area (Å²) in [4.78, 5) is 23.4. The number of aryl methyl sites for hydroxylation is 2.